The minimum atomic E-state index is 0.647. The molecule has 3 heterocycles. The Hall–Kier alpha value is -0.0800. The number of fused-ring (bicyclic) bond motifs is 1. The summed E-state index contributed by atoms with van der Waals surface area (Å²) in [6, 6.07) is 0. The van der Waals surface area contributed by atoms with E-state index in [1.54, 1.807) is 0 Å². The van der Waals surface area contributed by atoms with Gasteiger partial charge in [-0.1, -0.05) is 33.6 Å². The van der Waals surface area contributed by atoms with Gasteiger partial charge in [0.15, 0.2) is 5.54 Å². The Balaban J connectivity index is 0.000000163. The fraction of sp³-hybridized carbons (Fsp3) is 1.00. The van der Waals surface area contributed by atoms with Crippen molar-refractivity contribution in [1.29, 1.82) is 0 Å². The molecule has 0 aromatic heterocycles. The van der Waals surface area contributed by atoms with Crippen molar-refractivity contribution in [1.82, 2.24) is 10.2 Å². The van der Waals surface area contributed by atoms with E-state index in [2.05, 4.69) is 31.0 Å². The average Bonchev–Trinajstić information content (AvgIpc) is 2.63. The van der Waals surface area contributed by atoms with Crippen LogP contribution in [0.25, 0.3) is 0 Å². The molecule has 2 nitrogen and oxygen atoms in total. The fourth-order valence-corrected chi connectivity index (χ4v) is 4.03. The molecule has 0 amide bonds. The van der Waals surface area contributed by atoms with Gasteiger partial charge in [-0.2, -0.15) is 4.90 Å². The van der Waals surface area contributed by atoms with Gasteiger partial charge in [0.2, 0.25) is 0 Å². The predicted molar refractivity (Wildman–Crippen MR) is 82.8 cm³/mol. The summed E-state index contributed by atoms with van der Waals surface area (Å²) in [7, 11) is 0. The SMILES string of the molecule is C1CCC[N]CC1.CC(C)C(C)C12CCC[N+]1CC2. The number of rotatable bonds is 2. The van der Waals surface area contributed by atoms with Crippen LogP contribution in [0.1, 0.15) is 65.7 Å². The van der Waals surface area contributed by atoms with Crippen molar-refractivity contribution < 1.29 is 0 Å². The molecule has 2 heteroatoms. The van der Waals surface area contributed by atoms with Crippen LogP contribution in [0.15, 0.2) is 0 Å². The zero-order chi connectivity index (χ0) is 13.7. The van der Waals surface area contributed by atoms with Crippen LogP contribution < -0.4 is 10.2 Å². The summed E-state index contributed by atoms with van der Waals surface area (Å²) in [6.07, 6.45) is 9.85. The highest BCUT2D eigenvalue weighted by Gasteiger charge is 2.60. The molecule has 0 aromatic rings. The maximum absolute atomic E-state index is 4.27. The second-order valence-corrected chi connectivity index (χ2v) is 7.06. The van der Waals surface area contributed by atoms with E-state index < -0.39 is 0 Å². The first-order chi connectivity index (χ1) is 9.17. The van der Waals surface area contributed by atoms with Crippen molar-refractivity contribution in [2.75, 3.05) is 26.2 Å². The Kier molecular flexibility index (Phi) is 5.70. The van der Waals surface area contributed by atoms with Gasteiger partial charge in [0.25, 0.3) is 0 Å². The van der Waals surface area contributed by atoms with Gasteiger partial charge in [-0.05, 0) is 18.8 Å². The first-order valence-corrected chi connectivity index (χ1v) is 8.55. The molecule has 3 fully saturated rings. The van der Waals surface area contributed by atoms with Gasteiger partial charge in [-0.15, -0.1) is 0 Å². The molecule has 0 aliphatic carbocycles. The van der Waals surface area contributed by atoms with Crippen LogP contribution in [-0.4, -0.2) is 31.7 Å². The third-order valence-corrected chi connectivity index (χ3v) is 5.71. The molecule has 3 saturated heterocycles. The Morgan fingerprint density at radius 3 is 2.00 bits per heavy atom. The molecule has 2 unspecified atom stereocenters. The lowest BCUT2D eigenvalue weighted by atomic mass is 9.70. The molecule has 19 heavy (non-hydrogen) atoms. The molecular weight excluding hydrogens is 232 g/mol. The van der Waals surface area contributed by atoms with Gasteiger partial charge in [0.1, 0.15) is 13.1 Å². The van der Waals surface area contributed by atoms with Crippen molar-refractivity contribution in [3.8, 4) is 0 Å². The minimum Gasteiger partial charge on any atom is -0.242 e. The van der Waals surface area contributed by atoms with Crippen molar-refractivity contribution in [3.05, 3.63) is 0 Å². The summed E-state index contributed by atoms with van der Waals surface area (Å²) in [6.45, 7) is 12.2. The third kappa shape index (κ3) is 3.52. The maximum atomic E-state index is 4.27. The van der Waals surface area contributed by atoms with Crippen LogP contribution in [0.5, 0.6) is 0 Å². The Bertz CT molecular complexity index is 244. The maximum Gasteiger partial charge on any atom is 0.151 e. The third-order valence-electron chi connectivity index (χ3n) is 5.71. The molecule has 110 valence electrons. The first kappa shape index (κ1) is 15.3. The Morgan fingerprint density at radius 2 is 1.53 bits per heavy atom. The highest BCUT2D eigenvalue weighted by atomic mass is 15.3. The summed E-state index contributed by atoms with van der Waals surface area (Å²) < 4.78 is 0. The number of nitrogens with zero attached hydrogens (tertiary/aromatic N) is 2. The summed E-state index contributed by atoms with van der Waals surface area (Å²) in [5.41, 5.74) is 0.647. The van der Waals surface area contributed by atoms with Crippen LogP contribution in [-0.2, 0) is 0 Å². The largest absolute Gasteiger partial charge is 0.242 e. The second-order valence-electron chi connectivity index (χ2n) is 7.06. The van der Waals surface area contributed by atoms with E-state index in [0.717, 1.165) is 24.9 Å². The molecule has 3 aliphatic heterocycles. The molecule has 2 radical (unpaired) electrons. The lowest BCUT2D eigenvalue weighted by Crippen LogP contribution is -2.64. The lowest BCUT2D eigenvalue weighted by Gasteiger charge is -2.44. The second kappa shape index (κ2) is 7.08. The monoisotopic (exact) mass is 265 g/mol. The summed E-state index contributed by atoms with van der Waals surface area (Å²) >= 11 is 0. The summed E-state index contributed by atoms with van der Waals surface area (Å²) in [4.78, 5) is 2.72. The van der Waals surface area contributed by atoms with Crippen LogP contribution in [0.3, 0.4) is 0 Å². The summed E-state index contributed by atoms with van der Waals surface area (Å²) in [5.74, 6) is 1.75. The van der Waals surface area contributed by atoms with Crippen LogP contribution in [0, 0.1) is 11.8 Å². The molecule has 0 aromatic carbocycles. The smallest absolute Gasteiger partial charge is 0.151 e. The fourth-order valence-electron chi connectivity index (χ4n) is 4.03. The molecule has 3 rings (SSSR count). The van der Waals surface area contributed by atoms with Crippen LogP contribution >= 0.6 is 0 Å². The molecule has 3 aliphatic rings. The lowest BCUT2D eigenvalue weighted by molar-refractivity contribution is 0.0403. The highest BCUT2D eigenvalue weighted by Crippen LogP contribution is 2.45. The molecule has 0 saturated carbocycles. The van der Waals surface area contributed by atoms with Gasteiger partial charge in [-0.25, -0.2) is 5.32 Å². The van der Waals surface area contributed by atoms with Crippen molar-refractivity contribution >= 4 is 0 Å². The topological polar surface area (TPSA) is 20.0 Å². The van der Waals surface area contributed by atoms with Crippen LogP contribution in [0.4, 0.5) is 0 Å². The standard InChI is InChI=1S/C11H21N.C6H12N/c1-9(2)10(3)11-5-4-7-12(11)8-6-11;1-2-4-6-7-5-3-1/h9-10H,4-8H2,1-3H3;1-6H2/q+1;. The predicted octanol–water partition coefficient (Wildman–Crippen LogP) is 3.52. The zero-order valence-electron chi connectivity index (χ0n) is 13.3. The van der Waals surface area contributed by atoms with E-state index >= 15 is 0 Å². The van der Waals surface area contributed by atoms with E-state index in [0.29, 0.717) is 5.54 Å². The normalized spacial score (nSPS) is 32.8. The molecule has 0 N–H and O–H groups in total. The molecule has 2 atom stereocenters. The van der Waals surface area contributed by atoms with Crippen molar-refractivity contribution in [2.24, 2.45) is 11.8 Å². The molecular formula is C17H33N2+. The highest BCUT2D eigenvalue weighted by molar-refractivity contribution is 5.10. The minimum absolute atomic E-state index is 0.647. The average molecular weight is 265 g/mol. The van der Waals surface area contributed by atoms with Gasteiger partial charge in [0, 0.05) is 31.8 Å². The van der Waals surface area contributed by atoms with E-state index in [1.807, 2.05) is 0 Å². The van der Waals surface area contributed by atoms with Gasteiger partial charge >= 0.3 is 0 Å². The van der Waals surface area contributed by atoms with Gasteiger partial charge in [0.05, 0.1) is 6.42 Å². The van der Waals surface area contributed by atoms with E-state index in [1.165, 1.54) is 58.0 Å². The summed E-state index contributed by atoms with van der Waals surface area (Å²) in [5, 5.41) is 4.27. The Morgan fingerprint density at radius 1 is 0.842 bits per heavy atom. The molecule has 0 bridgehead atoms. The van der Waals surface area contributed by atoms with Crippen LogP contribution in [0.2, 0.25) is 0 Å². The van der Waals surface area contributed by atoms with E-state index in [9.17, 15) is 0 Å². The number of hydrogen-bond acceptors (Lipinski definition) is 1. The quantitative estimate of drug-likeness (QED) is 0.681. The van der Waals surface area contributed by atoms with Gasteiger partial charge < -0.3 is 0 Å². The Labute approximate surface area is 120 Å². The molecule has 0 spiro atoms. The first-order valence-electron chi connectivity index (χ1n) is 8.55. The van der Waals surface area contributed by atoms with E-state index in [4.69, 9.17) is 0 Å². The number of hydrogen-bond donors (Lipinski definition) is 0. The van der Waals surface area contributed by atoms with Crippen molar-refractivity contribution in [3.63, 3.8) is 0 Å². The van der Waals surface area contributed by atoms with E-state index in [-0.39, 0.29) is 0 Å². The zero-order valence-corrected chi connectivity index (χ0v) is 13.3. The van der Waals surface area contributed by atoms with Gasteiger partial charge in [-0.3, -0.25) is 0 Å². The van der Waals surface area contributed by atoms with Crippen molar-refractivity contribution in [2.45, 2.75) is 71.3 Å².